The molecule has 0 bridgehead atoms. The van der Waals surface area contributed by atoms with E-state index in [1.165, 1.54) is 12.3 Å². The minimum atomic E-state index is -4.46. The summed E-state index contributed by atoms with van der Waals surface area (Å²) in [4.78, 5) is 7.88. The molecule has 0 spiro atoms. The van der Waals surface area contributed by atoms with E-state index < -0.39 is 11.7 Å². The van der Waals surface area contributed by atoms with Crippen LogP contribution in [0.5, 0.6) is 5.75 Å². The highest BCUT2D eigenvalue weighted by atomic mass is 127. The summed E-state index contributed by atoms with van der Waals surface area (Å²) in [5.74, 6) is 0.988. The number of benzene rings is 1. The van der Waals surface area contributed by atoms with Crippen LogP contribution in [0.1, 0.15) is 12.0 Å². The molecule has 0 saturated carbocycles. The number of aromatic nitrogens is 1. The van der Waals surface area contributed by atoms with Gasteiger partial charge in [-0.15, -0.1) is 24.0 Å². The van der Waals surface area contributed by atoms with E-state index in [1.807, 2.05) is 24.3 Å². The average molecular weight is 553 g/mol. The second kappa shape index (κ2) is 13.9. The van der Waals surface area contributed by atoms with Gasteiger partial charge in [0.05, 0.1) is 12.2 Å². The van der Waals surface area contributed by atoms with Gasteiger partial charge in [-0.3, -0.25) is 4.99 Å². The largest absolute Gasteiger partial charge is 0.493 e. The summed E-state index contributed by atoms with van der Waals surface area (Å²) in [6.45, 7) is 1.74. The van der Waals surface area contributed by atoms with E-state index in [9.17, 15) is 13.2 Å². The van der Waals surface area contributed by atoms with Gasteiger partial charge in [0.1, 0.15) is 11.6 Å². The van der Waals surface area contributed by atoms with Crippen LogP contribution in [-0.4, -0.2) is 51.4 Å². The number of pyridine rings is 1. The van der Waals surface area contributed by atoms with Gasteiger partial charge in [-0.2, -0.15) is 13.2 Å². The SMILES string of the molecule is CN=C(NCCNc1ncccc1C(F)(F)F)Nc1cccc(OCCCOC)c1.I. The van der Waals surface area contributed by atoms with Gasteiger partial charge >= 0.3 is 6.18 Å². The number of hydrogen-bond acceptors (Lipinski definition) is 5. The first kappa shape index (κ1) is 26.8. The van der Waals surface area contributed by atoms with Crippen molar-refractivity contribution in [2.24, 2.45) is 4.99 Å². The first-order valence-electron chi connectivity index (χ1n) is 9.39. The number of aliphatic imine (C=N–C) groups is 1. The van der Waals surface area contributed by atoms with Gasteiger partial charge < -0.3 is 25.4 Å². The fourth-order valence-corrected chi connectivity index (χ4v) is 2.51. The molecule has 1 aromatic carbocycles. The molecule has 0 unspecified atom stereocenters. The lowest BCUT2D eigenvalue weighted by molar-refractivity contribution is -0.137. The molecule has 0 saturated heterocycles. The number of hydrogen-bond donors (Lipinski definition) is 3. The predicted octanol–water partition coefficient (Wildman–Crippen LogP) is 4.23. The van der Waals surface area contributed by atoms with Crippen molar-refractivity contribution in [2.75, 3.05) is 51.1 Å². The summed E-state index contributed by atoms with van der Waals surface area (Å²) in [6.07, 6.45) is -2.36. The molecule has 1 aromatic heterocycles. The van der Waals surface area contributed by atoms with Gasteiger partial charge in [-0.1, -0.05) is 6.07 Å². The van der Waals surface area contributed by atoms with Gasteiger partial charge in [0, 0.05) is 58.2 Å². The van der Waals surface area contributed by atoms with E-state index in [4.69, 9.17) is 9.47 Å². The lowest BCUT2D eigenvalue weighted by atomic mass is 10.2. The first-order valence-corrected chi connectivity index (χ1v) is 9.39. The number of alkyl halides is 3. The summed E-state index contributed by atoms with van der Waals surface area (Å²) in [6, 6.07) is 9.64. The van der Waals surface area contributed by atoms with Gasteiger partial charge in [0.25, 0.3) is 0 Å². The van der Waals surface area contributed by atoms with Crippen molar-refractivity contribution in [3.63, 3.8) is 0 Å². The molecule has 11 heteroatoms. The summed E-state index contributed by atoms with van der Waals surface area (Å²) in [7, 11) is 3.25. The number of nitrogens with zero attached hydrogens (tertiary/aromatic N) is 2. The molecule has 7 nitrogen and oxygen atoms in total. The van der Waals surface area contributed by atoms with Crippen LogP contribution in [-0.2, 0) is 10.9 Å². The third-order valence-electron chi connectivity index (χ3n) is 3.90. The Morgan fingerprint density at radius 2 is 1.94 bits per heavy atom. The molecule has 172 valence electrons. The summed E-state index contributed by atoms with van der Waals surface area (Å²) in [5.41, 5.74) is -0.0285. The predicted molar refractivity (Wildman–Crippen MR) is 127 cm³/mol. The number of nitrogens with one attached hydrogen (secondary N) is 3. The molecule has 2 aromatic rings. The monoisotopic (exact) mass is 553 g/mol. The van der Waals surface area contributed by atoms with Crippen molar-refractivity contribution in [1.82, 2.24) is 10.3 Å². The first-order chi connectivity index (χ1) is 14.4. The molecule has 0 aliphatic carbocycles. The second-order valence-electron chi connectivity index (χ2n) is 6.17. The van der Waals surface area contributed by atoms with E-state index in [2.05, 4.69) is 25.9 Å². The van der Waals surface area contributed by atoms with E-state index in [0.717, 1.165) is 18.2 Å². The second-order valence-corrected chi connectivity index (χ2v) is 6.17. The molecule has 0 amide bonds. The molecule has 0 aliphatic rings. The van der Waals surface area contributed by atoms with Crippen molar-refractivity contribution in [3.8, 4) is 5.75 Å². The molecule has 31 heavy (non-hydrogen) atoms. The molecular formula is C20H27F3IN5O2. The van der Waals surface area contributed by atoms with Crippen LogP contribution in [0.15, 0.2) is 47.6 Å². The molecule has 3 N–H and O–H groups in total. The van der Waals surface area contributed by atoms with Gasteiger partial charge in [0.15, 0.2) is 5.96 Å². The standard InChI is InChI=1S/C20H26F3N5O2.HI/c1-24-19(28-15-6-3-7-16(14-15)30-13-5-12-29-2)27-11-10-26-18-17(20(21,22)23)8-4-9-25-18;/h3-4,6-9,14H,5,10-13H2,1-2H3,(H,25,26)(H2,24,27,28);1H. The van der Waals surface area contributed by atoms with Crippen molar-refractivity contribution < 1.29 is 22.6 Å². The van der Waals surface area contributed by atoms with E-state index in [0.29, 0.717) is 31.5 Å². The smallest absolute Gasteiger partial charge is 0.419 e. The Labute approximate surface area is 196 Å². The Morgan fingerprint density at radius 1 is 1.13 bits per heavy atom. The normalized spacial score (nSPS) is 11.5. The van der Waals surface area contributed by atoms with E-state index in [1.54, 1.807) is 14.2 Å². The summed E-state index contributed by atoms with van der Waals surface area (Å²) in [5, 5.41) is 8.85. The molecule has 1 heterocycles. The minimum Gasteiger partial charge on any atom is -0.493 e. The van der Waals surface area contributed by atoms with E-state index in [-0.39, 0.29) is 36.3 Å². The summed E-state index contributed by atoms with van der Waals surface area (Å²) >= 11 is 0. The number of ether oxygens (including phenoxy) is 2. The van der Waals surface area contributed by atoms with Crippen molar-refractivity contribution in [1.29, 1.82) is 0 Å². The van der Waals surface area contributed by atoms with Gasteiger partial charge in [-0.05, 0) is 24.3 Å². The average Bonchev–Trinajstić information content (AvgIpc) is 2.73. The highest BCUT2D eigenvalue weighted by molar-refractivity contribution is 14.0. The number of guanidine groups is 1. The fourth-order valence-electron chi connectivity index (χ4n) is 2.51. The van der Waals surface area contributed by atoms with Crippen molar-refractivity contribution >= 4 is 41.4 Å². The zero-order chi connectivity index (χ0) is 21.8. The molecule has 0 radical (unpaired) electrons. The fraction of sp³-hybridized carbons (Fsp3) is 0.400. The molecule has 0 aliphatic heterocycles. The molecule has 0 fully saturated rings. The Morgan fingerprint density at radius 3 is 2.65 bits per heavy atom. The quantitative estimate of drug-likeness (QED) is 0.177. The number of halogens is 4. The molecule has 2 rings (SSSR count). The highest BCUT2D eigenvalue weighted by Crippen LogP contribution is 2.33. The molecular weight excluding hydrogens is 526 g/mol. The lowest BCUT2D eigenvalue weighted by Crippen LogP contribution is -2.34. The Balaban J connectivity index is 0.00000480. The topological polar surface area (TPSA) is 79.8 Å². The van der Waals surface area contributed by atoms with Gasteiger partial charge in [-0.25, -0.2) is 4.98 Å². The zero-order valence-corrected chi connectivity index (χ0v) is 19.7. The van der Waals surface area contributed by atoms with Crippen LogP contribution in [0.4, 0.5) is 24.7 Å². The highest BCUT2D eigenvalue weighted by Gasteiger charge is 2.33. The van der Waals surface area contributed by atoms with Crippen molar-refractivity contribution in [3.05, 3.63) is 48.2 Å². The Bertz CT molecular complexity index is 821. The number of anilines is 2. The number of methoxy groups -OCH3 is 1. The van der Waals surface area contributed by atoms with Crippen LogP contribution < -0.4 is 20.7 Å². The zero-order valence-electron chi connectivity index (χ0n) is 17.3. The number of rotatable bonds is 10. The molecule has 0 atom stereocenters. The maximum Gasteiger partial charge on any atom is 0.419 e. The Kier molecular flexibility index (Phi) is 12.0. The van der Waals surface area contributed by atoms with Gasteiger partial charge in [0.2, 0.25) is 0 Å². The Hall–Kier alpha value is -2.28. The van der Waals surface area contributed by atoms with Crippen LogP contribution in [0.3, 0.4) is 0 Å². The van der Waals surface area contributed by atoms with Crippen molar-refractivity contribution in [2.45, 2.75) is 12.6 Å². The van der Waals surface area contributed by atoms with Crippen LogP contribution in [0.25, 0.3) is 0 Å². The van der Waals surface area contributed by atoms with Crippen LogP contribution in [0, 0.1) is 0 Å². The van der Waals surface area contributed by atoms with Crippen LogP contribution in [0.2, 0.25) is 0 Å². The minimum absolute atomic E-state index is 0. The van der Waals surface area contributed by atoms with E-state index >= 15 is 0 Å². The summed E-state index contributed by atoms with van der Waals surface area (Å²) < 4.78 is 49.6. The van der Waals surface area contributed by atoms with Crippen LogP contribution >= 0.6 is 24.0 Å². The maximum atomic E-state index is 13.0. The lowest BCUT2D eigenvalue weighted by Gasteiger charge is -2.15. The maximum absolute atomic E-state index is 13.0. The third kappa shape index (κ3) is 9.59. The third-order valence-corrected chi connectivity index (χ3v) is 3.90.